The van der Waals surface area contributed by atoms with Crippen molar-refractivity contribution < 1.29 is 4.79 Å². The highest BCUT2D eigenvalue weighted by Gasteiger charge is 2.35. The molecule has 0 bridgehead atoms. The molecule has 2 heterocycles. The molecule has 1 saturated heterocycles. The van der Waals surface area contributed by atoms with Gasteiger partial charge in [0.25, 0.3) is 0 Å². The zero-order chi connectivity index (χ0) is 17.2. The van der Waals surface area contributed by atoms with E-state index in [1.54, 1.807) is 4.68 Å². The molecule has 0 unspecified atom stereocenters. The maximum atomic E-state index is 12.7. The van der Waals surface area contributed by atoms with Gasteiger partial charge in [0.2, 0.25) is 0 Å². The molecule has 25 heavy (non-hydrogen) atoms. The highest BCUT2D eigenvalue weighted by molar-refractivity contribution is 5.75. The van der Waals surface area contributed by atoms with Crippen molar-refractivity contribution in [3.8, 4) is 5.69 Å². The lowest BCUT2D eigenvalue weighted by atomic mass is 9.86. The van der Waals surface area contributed by atoms with Crippen LogP contribution in [-0.4, -0.2) is 44.2 Å². The van der Waals surface area contributed by atoms with Crippen LogP contribution in [0.1, 0.15) is 31.6 Å². The van der Waals surface area contributed by atoms with Gasteiger partial charge in [0.05, 0.1) is 11.7 Å². The molecule has 1 aliphatic heterocycles. The minimum Gasteiger partial charge on any atom is -0.328 e. The van der Waals surface area contributed by atoms with Crippen LogP contribution in [0.25, 0.3) is 5.69 Å². The highest BCUT2D eigenvalue weighted by Crippen LogP contribution is 2.32. The quantitative estimate of drug-likeness (QED) is 0.872. The number of benzene rings is 1. The summed E-state index contributed by atoms with van der Waals surface area (Å²) < 4.78 is 1.67. The molecule has 2 amide bonds. The van der Waals surface area contributed by atoms with Gasteiger partial charge in [-0.2, -0.15) is 4.68 Å². The van der Waals surface area contributed by atoms with E-state index >= 15 is 0 Å². The van der Waals surface area contributed by atoms with Gasteiger partial charge in [0.1, 0.15) is 0 Å². The average Bonchev–Trinajstić information content (AvgIpc) is 3.29. The number of fused-ring (bicyclic) bond motifs is 1. The van der Waals surface area contributed by atoms with Gasteiger partial charge in [-0.15, -0.1) is 5.10 Å². The lowest BCUT2D eigenvalue weighted by molar-refractivity contribution is 0.202. The third-order valence-corrected chi connectivity index (χ3v) is 5.13. The summed E-state index contributed by atoms with van der Waals surface area (Å²) in [7, 11) is 0. The molecule has 0 saturated carbocycles. The lowest BCUT2D eigenvalue weighted by Crippen LogP contribution is -2.40. The number of aromatic nitrogens is 4. The maximum Gasteiger partial charge on any atom is 0.317 e. The van der Waals surface area contributed by atoms with Crippen LogP contribution >= 0.6 is 0 Å². The van der Waals surface area contributed by atoms with Gasteiger partial charge >= 0.3 is 6.03 Å². The van der Waals surface area contributed by atoms with Gasteiger partial charge in [-0.05, 0) is 54.2 Å². The Morgan fingerprint density at radius 2 is 1.84 bits per heavy atom. The number of amides is 2. The number of nitrogens with one attached hydrogen (secondary N) is 1. The van der Waals surface area contributed by atoms with Gasteiger partial charge in [0, 0.05) is 13.1 Å². The Labute approximate surface area is 146 Å². The number of hydrogen-bond donors (Lipinski definition) is 1. The Bertz CT molecular complexity index is 755. The summed E-state index contributed by atoms with van der Waals surface area (Å²) in [6, 6.07) is 9.38. The molecule has 4 rings (SSSR count). The largest absolute Gasteiger partial charge is 0.328 e. The van der Waals surface area contributed by atoms with E-state index in [-0.39, 0.29) is 12.1 Å². The zero-order valence-corrected chi connectivity index (χ0v) is 14.2. The molecule has 3 atom stereocenters. The second-order valence-corrected chi connectivity index (χ2v) is 6.82. The minimum atomic E-state index is -0.275. The molecule has 0 spiro atoms. The van der Waals surface area contributed by atoms with E-state index in [1.165, 1.54) is 0 Å². The van der Waals surface area contributed by atoms with E-state index in [0.717, 1.165) is 31.6 Å². The topological polar surface area (TPSA) is 75.9 Å². The van der Waals surface area contributed by atoms with Crippen molar-refractivity contribution in [1.29, 1.82) is 0 Å². The van der Waals surface area contributed by atoms with Crippen LogP contribution in [0.2, 0.25) is 0 Å². The Balaban J connectivity index is 1.44. The van der Waals surface area contributed by atoms with Crippen molar-refractivity contribution >= 4 is 6.03 Å². The molecule has 1 N–H and O–H groups in total. The number of hydrogen-bond acceptors (Lipinski definition) is 4. The molecule has 1 aromatic carbocycles. The summed E-state index contributed by atoms with van der Waals surface area (Å²) in [6.07, 6.45) is 6.63. The smallest absolute Gasteiger partial charge is 0.317 e. The number of likely N-dealkylation sites (tertiary alicyclic amines) is 1. The Morgan fingerprint density at radius 3 is 2.52 bits per heavy atom. The second kappa shape index (κ2) is 6.66. The third kappa shape index (κ3) is 3.14. The summed E-state index contributed by atoms with van der Waals surface area (Å²) in [5, 5.41) is 15.0. The predicted octanol–water partition coefficient (Wildman–Crippen LogP) is 2.33. The summed E-state index contributed by atoms with van der Waals surface area (Å²) in [5.74, 6) is 1.82. The fraction of sp³-hybridized carbons (Fsp3) is 0.444. The summed E-state index contributed by atoms with van der Waals surface area (Å²) >= 11 is 0. The number of allylic oxidation sites excluding steroid dienone is 2. The Kier molecular flexibility index (Phi) is 4.21. The molecule has 7 nitrogen and oxygen atoms in total. The van der Waals surface area contributed by atoms with Crippen LogP contribution in [0, 0.1) is 11.8 Å². The minimum absolute atomic E-state index is 0.0375. The van der Waals surface area contributed by atoms with Gasteiger partial charge in [-0.25, -0.2) is 4.79 Å². The number of para-hydroxylation sites is 1. The molecule has 2 aliphatic rings. The van der Waals surface area contributed by atoms with Crippen molar-refractivity contribution in [3.05, 3.63) is 48.3 Å². The molecule has 1 fully saturated rings. The van der Waals surface area contributed by atoms with Crippen molar-refractivity contribution in [2.45, 2.75) is 25.8 Å². The van der Waals surface area contributed by atoms with Crippen molar-refractivity contribution in [3.63, 3.8) is 0 Å². The predicted molar refractivity (Wildman–Crippen MR) is 93.0 cm³/mol. The number of nitrogens with zero attached hydrogens (tertiary/aromatic N) is 5. The molecule has 130 valence electrons. The first-order valence-corrected chi connectivity index (χ1v) is 8.76. The van der Waals surface area contributed by atoms with Crippen LogP contribution < -0.4 is 5.32 Å². The van der Waals surface area contributed by atoms with Crippen molar-refractivity contribution in [2.24, 2.45) is 11.8 Å². The number of rotatable bonds is 3. The van der Waals surface area contributed by atoms with E-state index in [9.17, 15) is 4.79 Å². The number of carbonyl (C=O) groups is 1. The standard InChI is InChI=1S/C18H22N6O/c1-13(17-20-21-22-24(17)16-9-3-2-4-10-16)19-18(25)23-11-14-7-5-6-8-15(14)12-23/h2-6,9-10,13-15H,7-8,11-12H2,1H3,(H,19,25)/t13-,14-,15-/m0/s1. The number of urea groups is 1. The van der Waals surface area contributed by atoms with Crippen LogP contribution in [0.15, 0.2) is 42.5 Å². The van der Waals surface area contributed by atoms with Gasteiger partial charge in [-0.3, -0.25) is 0 Å². The second-order valence-electron chi connectivity index (χ2n) is 6.82. The monoisotopic (exact) mass is 338 g/mol. The van der Waals surface area contributed by atoms with Crippen LogP contribution in [-0.2, 0) is 0 Å². The molecular formula is C18H22N6O. The van der Waals surface area contributed by atoms with E-state index in [1.807, 2.05) is 42.2 Å². The molecule has 1 aromatic heterocycles. The molecular weight excluding hydrogens is 316 g/mol. The summed E-state index contributed by atoms with van der Waals surface area (Å²) in [4.78, 5) is 14.6. The number of tetrazole rings is 1. The van der Waals surface area contributed by atoms with Crippen LogP contribution in [0.5, 0.6) is 0 Å². The molecule has 0 radical (unpaired) electrons. The summed E-state index contributed by atoms with van der Waals surface area (Å²) in [5.41, 5.74) is 0.877. The van der Waals surface area contributed by atoms with Gasteiger partial charge < -0.3 is 10.2 Å². The number of carbonyl (C=O) groups excluding carboxylic acids is 1. The van der Waals surface area contributed by atoms with E-state index in [4.69, 9.17) is 0 Å². The fourth-order valence-electron chi connectivity index (χ4n) is 3.74. The van der Waals surface area contributed by atoms with Gasteiger partial charge in [-0.1, -0.05) is 30.4 Å². The first-order valence-electron chi connectivity index (χ1n) is 8.76. The highest BCUT2D eigenvalue weighted by atomic mass is 16.2. The van der Waals surface area contributed by atoms with E-state index < -0.39 is 0 Å². The Hall–Kier alpha value is -2.70. The molecule has 1 aliphatic carbocycles. The third-order valence-electron chi connectivity index (χ3n) is 5.13. The van der Waals surface area contributed by atoms with E-state index in [2.05, 4.69) is 33.0 Å². The normalized spacial score (nSPS) is 23.3. The average molecular weight is 338 g/mol. The van der Waals surface area contributed by atoms with Gasteiger partial charge in [0.15, 0.2) is 5.82 Å². The van der Waals surface area contributed by atoms with Crippen molar-refractivity contribution in [2.75, 3.05) is 13.1 Å². The lowest BCUT2D eigenvalue weighted by Gasteiger charge is -2.20. The first kappa shape index (κ1) is 15.8. The first-order chi connectivity index (χ1) is 12.2. The van der Waals surface area contributed by atoms with Crippen molar-refractivity contribution in [1.82, 2.24) is 30.4 Å². The molecule has 7 heteroatoms. The zero-order valence-electron chi connectivity index (χ0n) is 14.2. The van der Waals surface area contributed by atoms with Crippen LogP contribution in [0.4, 0.5) is 4.79 Å². The fourth-order valence-corrected chi connectivity index (χ4v) is 3.74. The SMILES string of the molecule is C[C@H](NC(=O)N1C[C@@H]2CC=CC[C@H]2C1)c1nnnn1-c1ccccc1. The maximum absolute atomic E-state index is 12.7. The van der Waals surface area contributed by atoms with E-state index in [0.29, 0.717) is 17.7 Å². The molecule has 2 aromatic rings. The van der Waals surface area contributed by atoms with Crippen LogP contribution in [0.3, 0.4) is 0 Å². The Morgan fingerprint density at radius 1 is 1.16 bits per heavy atom. The summed E-state index contributed by atoms with van der Waals surface area (Å²) in [6.45, 7) is 3.57.